The van der Waals surface area contributed by atoms with Gasteiger partial charge >= 0.3 is 5.97 Å². The molecule has 1 N–H and O–H groups in total. The Kier molecular flexibility index (Phi) is 9.38. The van der Waals surface area contributed by atoms with E-state index in [1.54, 1.807) is 18.2 Å². The molecule has 0 saturated carbocycles. The highest BCUT2D eigenvalue weighted by atomic mass is 35.5. The highest BCUT2D eigenvalue weighted by molar-refractivity contribution is 6.30. The van der Waals surface area contributed by atoms with E-state index in [4.69, 9.17) is 35.5 Å². The number of carboxylic acid groups (broad SMARTS) is 1. The number of halogens is 1. The first kappa shape index (κ1) is 30.3. The standard InChI is InChI=1S/C35H34ClN3O6/c1-38-32-20-30(45-29-4-2-3-27(19-29)39-15-17-42-18-16-39)12-13-31(32)37-34(38)23-43-28-11-7-25(8-14-35(40)41)33(21-28)44-22-24-5-9-26(36)10-6-24/h2-7,9-13,19-21H,8,14-18,22-23H2,1H3,(H,40,41). The Morgan fingerprint density at radius 1 is 0.911 bits per heavy atom. The lowest BCUT2D eigenvalue weighted by Crippen LogP contribution is -2.36. The maximum Gasteiger partial charge on any atom is 0.303 e. The van der Waals surface area contributed by atoms with Crippen molar-refractivity contribution in [1.82, 2.24) is 9.55 Å². The molecule has 1 fully saturated rings. The van der Waals surface area contributed by atoms with Gasteiger partial charge in [0.25, 0.3) is 0 Å². The summed E-state index contributed by atoms with van der Waals surface area (Å²) in [5.41, 5.74) is 4.62. The van der Waals surface area contributed by atoms with Gasteiger partial charge in [-0.2, -0.15) is 0 Å². The molecule has 0 unspecified atom stereocenters. The average Bonchev–Trinajstić information content (AvgIpc) is 3.37. The van der Waals surface area contributed by atoms with E-state index in [9.17, 15) is 9.90 Å². The Labute approximate surface area is 266 Å². The Bertz CT molecular complexity index is 1780. The minimum Gasteiger partial charge on any atom is -0.488 e. The molecule has 0 aliphatic carbocycles. The van der Waals surface area contributed by atoms with Crippen LogP contribution in [0.15, 0.2) is 84.9 Å². The fourth-order valence-corrected chi connectivity index (χ4v) is 5.34. The van der Waals surface area contributed by atoms with E-state index < -0.39 is 5.97 Å². The third-order valence-electron chi connectivity index (χ3n) is 7.70. The van der Waals surface area contributed by atoms with Gasteiger partial charge in [0.05, 0.1) is 24.2 Å². The van der Waals surface area contributed by atoms with Crippen LogP contribution in [0.5, 0.6) is 23.0 Å². The summed E-state index contributed by atoms with van der Waals surface area (Å²) in [6, 6.07) is 26.8. The summed E-state index contributed by atoms with van der Waals surface area (Å²) in [6.07, 6.45) is 0.348. The number of benzene rings is 4. The normalized spacial score (nSPS) is 13.2. The fourth-order valence-electron chi connectivity index (χ4n) is 5.21. The van der Waals surface area contributed by atoms with Crippen LogP contribution in [0.1, 0.15) is 23.4 Å². The van der Waals surface area contributed by atoms with Gasteiger partial charge in [0.2, 0.25) is 0 Å². The molecule has 232 valence electrons. The van der Waals surface area contributed by atoms with Crippen LogP contribution in [0.25, 0.3) is 11.0 Å². The smallest absolute Gasteiger partial charge is 0.303 e. The van der Waals surface area contributed by atoms with E-state index in [1.165, 1.54) is 0 Å². The number of aromatic nitrogens is 2. The number of aryl methyl sites for hydroxylation is 2. The van der Waals surface area contributed by atoms with Crippen LogP contribution in [0.3, 0.4) is 0 Å². The number of hydrogen-bond acceptors (Lipinski definition) is 7. The molecule has 5 aromatic rings. The summed E-state index contributed by atoms with van der Waals surface area (Å²) in [5.74, 6) is 2.54. The molecular weight excluding hydrogens is 594 g/mol. The van der Waals surface area contributed by atoms with Crippen LogP contribution in [-0.4, -0.2) is 46.9 Å². The molecule has 0 atom stereocenters. The van der Waals surface area contributed by atoms with Gasteiger partial charge < -0.3 is 33.5 Å². The topological polar surface area (TPSA) is 95.3 Å². The number of morpholine rings is 1. The molecule has 2 heterocycles. The lowest BCUT2D eigenvalue weighted by Gasteiger charge is -2.29. The van der Waals surface area contributed by atoms with Gasteiger partial charge in [0.15, 0.2) is 0 Å². The second-order valence-corrected chi connectivity index (χ2v) is 11.2. The molecule has 9 nitrogen and oxygen atoms in total. The molecule has 10 heteroatoms. The number of aliphatic carboxylic acids is 1. The summed E-state index contributed by atoms with van der Waals surface area (Å²) in [5, 5.41) is 9.85. The summed E-state index contributed by atoms with van der Waals surface area (Å²) < 4.78 is 26.0. The van der Waals surface area contributed by atoms with E-state index in [1.807, 2.05) is 66.2 Å². The maximum atomic E-state index is 11.2. The number of fused-ring (bicyclic) bond motifs is 1. The van der Waals surface area contributed by atoms with Gasteiger partial charge in [-0.1, -0.05) is 35.9 Å². The van der Waals surface area contributed by atoms with E-state index in [0.717, 1.165) is 71.5 Å². The first-order valence-corrected chi connectivity index (χ1v) is 15.2. The number of carbonyl (C=O) groups is 1. The van der Waals surface area contributed by atoms with Crippen LogP contribution in [-0.2, 0) is 36.2 Å². The largest absolute Gasteiger partial charge is 0.488 e. The predicted molar refractivity (Wildman–Crippen MR) is 173 cm³/mol. The van der Waals surface area contributed by atoms with Crippen LogP contribution in [0, 0.1) is 0 Å². The molecule has 0 amide bonds. The number of imidazole rings is 1. The monoisotopic (exact) mass is 627 g/mol. The van der Waals surface area contributed by atoms with Crippen molar-refractivity contribution in [3.8, 4) is 23.0 Å². The lowest BCUT2D eigenvalue weighted by molar-refractivity contribution is -0.136. The van der Waals surface area contributed by atoms with Crippen molar-refractivity contribution in [2.75, 3.05) is 31.2 Å². The van der Waals surface area contributed by atoms with Crippen molar-refractivity contribution in [2.45, 2.75) is 26.1 Å². The third-order valence-corrected chi connectivity index (χ3v) is 7.95. The molecule has 1 aromatic heterocycles. The van der Waals surface area contributed by atoms with Crippen molar-refractivity contribution in [3.63, 3.8) is 0 Å². The number of anilines is 1. The number of ether oxygens (including phenoxy) is 4. The van der Waals surface area contributed by atoms with Crippen molar-refractivity contribution in [3.05, 3.63) is 107 Å². The molecule has 4 aromatic carbocycles. The van der Waals surface area contributed by atoms with Gasteiger partial charge in [0.1, 0.15) is 42.0 Å². The highest BCUT2D eigenvalue weighted by Gasteiger charge is 2.14. The van der Waals surface area contributed by atoms with Crippen LogP contribution < -0.4 is 19.1 Å². The fraction of sp³-hybridized carbons (Fsp3) is 0.257. The SMILES string of the molecule is Cn1c(COc2ccc(CCC(=O)O)c(OCc3ccc(Cl)cc3)c2)nc2ccc(Oc3cccc(N4CCOCC4)c3)cc21. The zero-order chi connectivity index (χ0) is 31.2. The molecular formula is C35H34ClN3O6. The van der Waals surface area contributed by atoms with Crippen molar-refractivity contribution in [1.29, 1.82) is 0 Å². The molecule has 6 rings (SSSR count). The average molecular weight is 628 g/mol. The van der Waals surface area contributed by atoms with E-state index in [2.05, 4.69) is 17.0 Å². The van der Waals surface area contributed by atoms with Gasteiger partial charge in [-0.15, -0.1) is 0 Å². The van der Waals surface area contributed by atoms with Crippen molar-refractivity contribution >= 4 is 34.3 Å². The van der Waals surface area contributed by atoms with Gasteiger partial charge in [-0.25, -0.2) is 4.98 Å². The lowest BCUT2D eigenvalue weighted by atomic mass is 10.1. The molecule has 0 spiro atoms. The van der Waals surface area contributed by atoms with Gasteiger partial charge in [-0.05, 0) is 60.0 Å². The molecule has 0 radical (unpaired) electrons. The predicted octanol–water partition coefficient (Wildman–Crippen LogP) is 7.03. The van der Waals surface area contributed by atoms with E-state index >= 15 is 0 Å². The molecule has 1 aliphatic rings. The molecule has 0 bridgehead atoms. The zero-order valence-electron chi connectivity index (χ0n) is 24.9. The molecule has 1 saturated heterocycles. The summed E-state index contributed by atoms with van der Waals surface area (Å²) in [6.45, 7) is 3.72. The van der Waals surface area contributed by atoms with Crippen molar-refractivity contribution in [2.24, 2.45) is 7.05 Å². The number of nitrogens with zero attached hydrogens (tertiary/aromatic N) is 3. The highest BCUT2D eigenvalue weighted by Crippen LogP contribution is 2.31. The van der Waals surface area contributed by atoms with E-state index in [-0.39, 0.29) is 13.0 Å². The number of carboxylic acids is 1. The Balaban J connectivity index is 1.15. The summed E-state index contributed by atoms with van der Waals surface area (Å²) in [4.78, 5) is 18.3. The summed E-state index contributed by atoms with van der Waals surface area (Å²) >= 11 is 6.01. The van der Waals surface area contributed by atoms with Gasteiger partial charge in [-0.3, -0.25) is 4.79 Å². The maximum absolute atomic E-state index is 11.2. The first-order chi connectivity index (χ1) is 21.9. The quantitative estimate of drug-likeness (QED) is 0.158. The van der Waals surface area contributed by atoms with E-state index in [0.29, 0.717) is 29.5 Å². The second-order valence-electron chi connectivity index (χ2n) is 10.8. The minimum atomic E-state index is -0.865. The van der Waals surface area contributed by atoms with Crippen LogP contribution in [0.4, 0.5) is 5.69 Å². The number of hydrogen-bond donors (Lipinski definition) is 1. The Hall–Kier alpha value is -4.73. The zero-order valence-corrected chi connectivity index (χ0v) is 25.7. The van der Waals surface area contributed by atoms with Gasteiger partial charge in [0, 0.05) is 55.5 Å². The third kappa shape index (κ3) is 7.68. The Morgan fingerprint density at radius 2 is 1.69 bits per heavy atom. The molecule has 45 heavy (non-hydrogen) atoms. The first-order valence-electron chi connectivity index (χ1n) is 14.8. The number of rotatable bonds is 12. The Morgan fingerprint density at radius 3 is 2.49 bits per heavy atom. The van der Waals surface area contributed by atoms with Crippen molar-refractivity contribution < 1.29 is 28.8 Å². The molecule has 1 aliphatic heterocycles. The van der Waals surface area contributed by atoms with Crippen LogP contribution >= 0.6 is 11.6 Å². The second kappa shape index (κ2) is 13.9. The minimum absolute atomic E-state index is 0.00236. The van der Waals surface area contributed by atoms with Crippen LogP contribution in [0.2, 0.25) is 5.02 Å². The summed E-state index contributed by atoms with van der Waals surface area (Å²) in [7, 11) is 1.95.